The highest BCUT2D eigenvalue weighted by Gasteiger charge is 2.28. The fourth-order valence-corrected chi connectivity index (χ4v) is 4.10. The topological polar surface area (TPSA) is 89.7 Å². The maximum atomic E-state index is 12.8. The Kier molecular flexibility index (Phi) is 5.20. The van der Waals surface area contributed by atoms with E-state index in [-0.39, 0.29) is 16.6 Å². The monoisotopic (exact) mass is 326 g/mol. The number of likely N-dealkylation sites (N-methyl/N-ethyl adjacent to an activating group) is 1. The number of benzene rings is 1. The van der Waals surface area contributed by atoms with Gasteiger partial charge in [0.2, 0.25) is 15.9 Å². The largest absolute Gasteiger partial charge is 0.377 e. The third-order valence-electron chi connectivity index (χ3n) is 3.90. The van der Waals surface area contributed by atoms with Gasteiger partial charge in [0.15, 0.2) is 0 Å². The van der Waals surface area contributed by atoms with Gasteiger partial charge in [-0.2, -0.15) is 4.31 Å². The van der Waals surface area contributed by atoms with E-state index in [1.807, 2.05) is 0 Å². The number of primary amides is 1. The molecule has 6 nitrogen and oxygen atoms in total. The minimum Gasteiger partial charge on any atom is -0.377 e. The highest BCUT2D eigenvalue weighted by atomic mass is 32.2. The maximum Gasteiger partial charge on any atom is 0.249 e. The summed E-state index contributed by atoms with van der Waals surface area (Å²) in [7, 11) is -3.67. The van der Waals surface area contributed by atoms with Crippen molar-refractivity contribution in [2.45, 2.75) is 37.7 Å². The van der Waals surface area contributed by atoms with E-state index in [1.54, 1.807) is 19.9 Å². The zero-order valence-electron chi connectivity index (χ0n) is 12.9. The van der Waals surface area contributed by atoms with E-state index in [2.05, 4.69) is 0 Å². The lowest BCUT2D eigenvalue weighted by atomic mass is 10.1. The Balaban J connectivity index is 2.31. The molecule has 7 heteroatoms. The summed E-state index contributed by atoms with van der Waals surface area (Å²) in [6.45, 7) is 4.87. The number of hydrogen-bond donors (Lipinski definition) is 1. The molecule has 1 aliphatic rings. The summed E-state index contributed by atoms with van der Waals surface area (Å²) < 4.78 is 32.4. The van der Waals surface area contributed by atoms with Crippen molar-refractivity contribution in [2.75, 3.05) is 19.7 Å². The van der Waals surface area contributed by atoms with Crippen LogP contribution in [0.3, 0.4) is 0 Å². The summed E-state index contributed by atoms with van der Waals surface area (Å²) in [5.74, 6) is -0.628. The van der Waals surface area contributed by atoms with Crippen LogP contribution in [0.5, 0.6) is 0 Å². The molecule has 1 heterocycles. The molecule has 0 bridgehead atoms. The molecular formula is C15H22N2O4S. The Labute approximate surface area is 131 Å². The first-order valence-corrected chi connectivity index (χ1v) is 8.82. The molecular weight excluding hydrogens is 304 g/mol. The van der Waals surface area contributed by atoms with Crippen molar-refractivity contribution >= 4 is 15.9 Å². The summed E-state index contributed by atoms with van der Waals surface area (Å²) in [5, 5.41) is 0. The number of nitrogens with zero attached hydrogens (tertiary/aromatic N) is 1. The molecule has 0 spiro atoms. The van der Waals surface area contributed by atoms with E-state index in [0.29, 0.717) is 25.3 Å². The Morgan fingerprint density at radius 1 is 1.45 bits per heavy atom. The van der Waals surface area contributed by atoms with Gasteiger partial charge in [-0.25, -0.2) is 8.42 Å². The number of amides is 1. The van der Waals surface area contributed by atoms with Gasteiger partial charge >= 0.3 is 0 Å². The second-order valence-electron chi connectivity index (χ2n) is 5.43. The number of carbonyl (C=O) groups is 1. The second-order valence-corrected chi connectivity index (χ2v) is 7.37. The smallest absolute Gasteiger partial charge is 0.249 e. The van der Waals surface area contributed by atoms with Crippen LogP contribution >= 0.6 is 0 Å². The van der Waals surface area contributed by atoms with Crippen molar-refractivity contribution in [3.63, 3.8) is 0 Å². The standard InChI is InChI=1S/C15H22N2O4S/c1-3-17(10-12-5-4-8-21-12)22(19,20)13-7-6-11(2)14(9-13)15(16)18/h6-7,9,12H,3-5,8,10H2,1-2H3,(H2,16,18)/t12-/m1/s1. The molecule has 0 aromatic heterocycles. The van der Waals surface area contributed by atoms with Gasteiger partial charge < -0.3 is 10.5 Å². The van der Waals surface area contributed by atoms with E-state index in [0.717, 1.165) is 12.8 Å². The third kappa shape index (κ3) is 3.48. The predicted octanol–water partition coefficient (Wildman–Crippen LogP) is 1.28. The minimum atomic E-state index is -3.67. The number of hydrogen-bond acceptors (Lipinski definition) is 4. The van der Waals surface area contributed by atoms with Crippen LogP contribution in [0.4, 0.5) is 0 Å². The number of sulfonamides is 1. The van der Waals surface area contributed by atoms with Gasteiger partial charge in [-0.15, -0.1) is 0 Å². The SMILES string of the molecule is CCN(C[C@H]1CCCO1)S(=O)(=O)c1ccc(C)c(C(N)=O)c1. The van der Waals surface area contributed by atoms with Gasteiger partial charge in [0, 0.05) is 25.3 Å². The van der Waals surface area contributed by atoms with Crippen LogP contribution in [0.1, 0.15) is 35.7 Å². The fourth-order valence-electron chi connectivity index (χ4n) is 2.59. The molecule has 2 rings (SSSR count). The summed E-state index contributed by atoms with van der Waals surface area (Å²) in [6.07, 6.45) is 1.77. The van der Waals surface area contributed by atoms with Gasteiger partial charge in [-0.3, -0.25) is 4.79 Å². The lowest BCUT2D eigenvalue weighted by Gasteiger charge is -2.23. The predicted molar refractivity (Wildman–Crippen MR) is 83.1 cm³/mol. The van der Waals surface area contributed by atoms with Gasteiger partial charge in [-0.1, -0.05) is 13.0 Å². The fraction of sp³-hybridized carbons (Fsp3) is 0.533. The van der Waals surface area contributed by atoms with Crippen molar-refractivity contribution in [3.05, 3.63) is 29.3 Å². The van der Waals surface area contributed by atoms with Gasteiger partial charge in [-0.05, 0) is 37.5 Å². The number of carbonyl (C=O) groups excluding carboxylic acids is 1. The lowest BCUT2D eigenvalue weighted by molar-refractivity contribution is 0.0946. The van der Waals surface area contributed by atoms with Crippen molar-refractivity contribution in [3.8, 4) is 0 Å². The molecule has 0 radical (unpaired) electrons. The molecule has 0 aliphatic carbocycles. The van der Waals surface area contributed by atoms with Crippen LogP contribution in [-0.4, -0.2) is 44.4 Å². The van der Waals surface area contributed by atoms with E-state index in [1.165, 1.54) is 16.4 Å². The van der Waals surface area contributed by atoms with E-state index < -0.39 is 15.9 Å². The summed E-state index contributed by atoms with van der Waals surface area (Å²) in [5.41, 5.74) is 6.19. The third-order valence-corrected chi connectivity index (χ3v) is 5.83. The van der Waals surface area contributed by atoms with Crippen molar-refractivity contribution in [1.82, 2.24) is 4.31 Å². The molecule has 1 aromatic rings. The van der Waals surface area contributed by atoms with Crippen LogP contribution in [0, 0.1) is 6.92 Å². The van der Waals surface area contributed by atoms with Gasteiger partial charge in [0.1, 0.15) is 0 Å². The van der Waals surface area contributed by atoms with Crippen LogP contribution in [0.15, 0.2) is 23.1 Å². The van der Waals surface area contributed by atoms with E-state index >= 15 is 0 Å². The molecule has 122 valence electrons. The first-order valence-electron chi connectivity index (χ1n) is 7.38. The molecule has 1 amide bonds. The first-order chi connectivity index (χ1) is 10.4. The first kappa shape index (κ1) is 16.9. The number of ether oxygens (including phenoxy) is 1. The normalized spacial score (nSPS) is 18.8. The van der Waals surface area contributed by atoms with E-state index in [4.69, 9.17) is 10.5 Å². The quantitative estimate of drug-likeness (QED) is 0.853. The average molecular weight is 326 g/mol. The lowest BCUT2D eigenvalue weighted by Crippen LogP contribution is -2.37. The summed E-state index contributed by atoms with van der Waals surface area (Å²) in [4.78, 5) is 11.5. The molecule has 1 fully saturated rings. The van der Waals surface area contributed by atoms with Crippen LogP contribution < -0.4 is 5.73 Å². The maximum absolute atomic E-state index is 12.8. The minimum absolute atomic E-state index is 0.0595. The Bertz CT molecular complexity index is 652. The van der Waals surface area contributed by atoms with Crippen LogP contribution in [0.25, 0.3) is 0 Å². The van der Waals surface area contributed by atoms with E-state index in [9.17, 15) is 13.2 Å². The van der Waals surface area contributed by atoms with Crippen LogP contribution in [-0.2, 0) is 14.8 Å². The number of rotatable bonds is 6. The Morgan fingerprint density at radius 2 is 2.18 bits per heavy atom. The molecule has 1 atom stereocenters. The molecule has 1 aromatic carbocycles. The molecule has 0 saturated carbocycles. The number of aryl methyl sites for hydroxylation is 1. The average Bonchev–Trinajstić information content (AvgIpc) is 2.97. The Hall–Kier alpha value is -1.44. The summed E-state index contributed by atoms with van der Waals surface area (Å²) in [6, 6.07) is 4.47. The highest BCUT2D eigenvalue weighted by Crippen LogP contribution is 2.22. The zero-order valence-corrected chi connectivity index (χ0v) is 13.7. The molecule has 0 unspecified atom stereocenters. The molecule has 1 saturated heterocycles. The van der Waals surface area contributed by atoms with Gasteiger partial charge in [0.05, 0.1) is 11.0 Å². The summed E-state index contributed by atoms with van der Waals surface area (Å²) >= 11 is 0. The van der Waals surface area contributed by atoms with Crippen molar-refractivity contribution < 1.29 is 17.9 Å². The molecule has 2 N–H and O–H groups in total. The number of nitrogens with two attached hydrogens (primary N) is 1. The van der Waals surface area contributed by atoms with Gasteiger partial charge in [0.25, 0.3) is 0 Å². The van der Waals surface area contributed by atoms with Crippen LogP contribution in [0.2, 0.25) is 0 Å². The van der Waals surface area contributed by atoms with Crippen molar-refractivity contribution in [1.29, 1.82) is 0 Å². The zero-order chi connectivity index (χ0) is 16.3. The van der Waals surface area contributed by atoms with Crippen molar-refractivity contribution in [2.24, 2.45) is 5.73 Å². The molecule has 22 heavy (non-hydrogen) atoms. The highest BCUT2D eigenvalue weighted by molar-refractivity contribution is 7.89. The Morgan fingerprint density at radius 3 is 2.73 bits per heavy atom. The molecule has 1 aliphatic heterocycles. The second kappa shape index (κ2) is 6.76.